The third-order valence-corrected chi connectivity index (χ3v) is 6.31. The SMILES string of the molecule is CCN(C(=O)NCc1ccccc1)C(c1ccccc1B1OC(C)(C)C(C)(C)O1)C(F)(F)F. The molecule has 0 aromatic heterocycles. The molecule has 1 aliphatic heterocycles. The van der Waals surface area contributed by atoms with E-state index >= 15 is 0 Å². The van der Waals surface area contributed by atoms with Gasteiger partial charge in [-0.15, -0.1) is 0 Å². The second-order valence-electron chi connectivity index (χ2n) is 9.09. The monoisotopic (exact) mass is 462 g/mol. The van der Waals surface area contributed by atoms with Gasteiger partial charge in [-0.1, -0.05) is 54.6 Å². The third-order valence-electron chi connectivity index (χ3n) is 6.31. The first-order chi connectivity index (χ1) is 15.4. The van der Waals surface area contributed by atoms with Crippen molar-refractivity contribution >= 4 is 18.6 Å². The fraction of sp³-hybridized carbons (Fsp3) is 0.458. The minimum absolute atomic E-state index is 0.0692. The molecule has 1 fully saturated rings. The summed E-state index contributed by atoms with van der Waals surface area (Å²) in [6, 6.07) is 12.2. The van der Waals surface area contributed by atoms with Gasteiger partial charge in [0.05, 0.1) is 11.2 Å². The molecule has 0 saturated carbocycles. The highest BCUT2D eigenvalue weighted by Gasteiger charge is 2.54. The molecule has 1 unspecified atom stereocenters. The Bertz CT molecular complexity index is 951. The van der Waals surface area contributed by atoms with Crippen LogP contribution in [0.5, 0.6) is 0 Å². The number of hydrogen-bond acceptors (Lipinski definition) is 3. The molecule has 0 aliphatic carbocycles. The van der Waals surface area contributed by atoms with Crippen molar-refractivity contribution in [3.63, 3.8) is 0 Å². The van der Waals surface area contributed by atoms with Gasteiger partial charge in [0.25, 0.3) is 0 Å². The van der Waals surface area contributed by atoms with Crippen molar-refractivity contribution in [2.24, 2.45) is 0 Å². The van der Waals surface area contributed by atoms with E-state index in [1.807, 2.05) is 33.8 Å². The lowest BCUT2D eigenvalue weighted by Gasteiger charge is -2.34. The van der Waals surface area contributed by atoms with Crippen LogP contribution in [0.3, 0.4) is 0 Å². The summed E-state index contributed by atoms with van der Waals surface area (Å²) < 4.78 is 55.4. The van der Waals surface area contributed by atoms with Gasteiger partial charge in [-0.2, -0.15) is 13.2 Å². The van der Waals surface area contributed by atoms with Crippen LogP contribution in [0.25, 0.3) is 0 Å². The average molecular weight is 462 g/mol. The number of halogens is 3. The van der Waals surface area contributed by atoms with E-state index < -0.39 is 36.6 Å². The Balaban J connectivity index is 1.94. The first-order valence-electron chi connectivity index (χ1n) is 11.0. The molecule has 1 aliphatic rings. The van der Waals surface area contributed by atoms with E-state index in [-0.39, 0.29) is 24.1 Å². The third kappa shape index (κ3) is 5.36. The Hall–Kier alpha value is -2.52. The molecule has 0 bridgehead atoms. The number of rotatable bonds is 6. The minimum atomic E-state index is -4.71. The molecule has 5 nitrogen and oxygen atoms in total. The summed E-state index contributed by atoms with van der Waals surface area (Å²) in [4.78, 5) is 13.7. The molecule has 2 amide bonds. The largest absolute Gasteiger partial charge is 0.495 e. The van der Waals surface area contributed by atoms with Crippen LogP contribution in [-0.4, -0.2) is 42.0 Å². The van der Waals surface area contributed by atoms with Gasteiger partial charge < -0.3 is 19.5 Å². The van der Waals surface area contributed by atoms with Crippen LogP contribution in [0, 0.1) is 0 Å². The molecule has 1 N–H and O–H groups in total. The number of nitrogens with one attached hydrogen (secondary N) is 1. The lowest BCUT2D eigenvalue weighted by Crippen LogP contribution is -2.50. The molecule has 178 valence electrons. The summed E-state index contributed by atoms with van der Waals surface area (Å²) in [5, 5.41) is 2.61. The Morgan fingerprint density at radius 2 is 1.55 bits per heavy atom. The Morgan fingerprint density at radius 3 is 2.09 bits per heavy atom. The summed E-state index contributed by atoms with van der Waals surface area (Å²) in [6.07, 6.45) is -4.71. The summed E-state index contributed by atoms with van der Waals surface area (Å²) >= 11 is 0. The standard InChI is InChI=1S/C24H30BF3N2O3/c1-6-30(21(31)29-16-17-12-8-7-9-13-17)20(24(26,27)28)18-14-10-11-15-19(18)25-32-22(2,3)23(4,5)33-25/h7-15,20H,6,16H2,1-5H3,(H,29,31). The van der Waals surface area contributed by atoms with Gasteiger partial charge >= 0.3 is 19.3 Å². The fourth-order valence-corrected chi connectivity index (χ4v) is 3.78. The number of carbonyl (C=O) groups excluding carboxylic acids is 1. The fourth-order valence-electron chi connectivity index (χ4n) is 3.78. The molecular weight excluding hydrogens is 432 g/mol. The van der Waals surface area contributed by atoms with Gasteiger partial charge in [-0.3, -0.25) is 0 Å². The van der Waals surface area contributed by atoms with Crippen LogP contribution in [0.4, 0.5) is 18.0 Å². The van der Waals surface area contributed by atoms with Gasteiger partial charge in [0.2, 0.25) is 0 Å². The lowest BCUT2D eigenvalue weighted by atomic mass is 9.74. The van der Waals surface area contributed by atoms with Crippen LogP contribution in [-0.2, 0) is 15.9 Å². The molecule has 1 atom stereocenters. The molecule has 1 heterocycles. The van der Waals surface area contributed by atoms with Crippen molar-refractivity contribution in [1.29, 1.82) is 0 Å². The first-order valence-corrected chi connectivity index (χ1v) is 11.0. The topological polar surface area (TPSA) is 50.8 Å². The molecule has 2 aromatic carbocycles. The number of hydrogen-bond donors (Lipinski definition) is 1. The average Bonchev–Trinajstić information content (AvgIpc) is 2.97. The normalized spacial score (nSPS) is 18.1. The van der Waals surface area contributed by atoms with Crippen LogP contribution in [0.2, 0.25) is 0 Å². The number of nitrogens with zero attached hydrogens (tertiary/aromatic N) is 1. The van der Waals surface area contributed by atoms with Crippen molar-refractivity contribution in [2.45, 2.75) is 64.6 Å². The van der Waals surface area contributed by atoms with Gasteiger partial charge in [0.15, 0.2) is 6.04 Å². The zero-order valence-corrected chi connectivity index (χ0v) is 19.6. The molecule has 0 spiro atoms. The number of amides is 2. The number of carbonyl (C=O) groups is 1. The number of urea groups is 1. The predicted molar refractivity (Wildman–Crippen MR) is 122 cm³/mol. The second kappa shape index (κ2) is 9.39. The predicted octanol–water partition coefficient (Wildman–Crippen LogP) is 4.82. The van der Waals surface area contributed by atoms with Crippen LogP contribution in [0.1, 0.15) is 51.8 Å². The molecule has 3 rings (SSSR count). The maximum atomic E-state index is 14.4. The first kappa shape index (κ1) is 25.1. The molecule has 0 radical (unpaired) electrons. The van der Waals surface area contributed by atoms with E-state index in [1.54, 1.807) is 36.4 Å². The Labute approximate surface area is 193 Å². The zero-order valence-electron chi connectivity index (χ0n) is 19.6. The summed E-state index contributed by atoms with van der Waals surface area (Å²) in [7, 11) is -0.984. The van der Waals surface area contributed by atoms with E-state index in [0.29, 0.717) is 0 Å². The highest BCUT2D eigenvalue weighted by atomic mass is 19.4. The number of alkyl halides is 3. The van der Waals surface area contributed by atoms with Gasteiger partial charge in [-0.05, 0) is 51.2 Å². The van der Waals surface area contributed by atoms with E-state index in [1.165, 1.54) is 19.1 Å². The quantitative estimate of drug-likeness (QED) is 0.627. The van der Waals surface area contributed by atoms with E-state index in [2.05, 4.69) is 5.32 Å². The van der Waals surface area contributed by atoms with Crippen LogP contribution < -0.4 is 10.8 Å². The maximum absolute atomic E-state index is 14.4. The van der Waals surface area contributed by atoms with Crippen molar-refractivity contribution in [3.8, 4) is 0 Å². The van der Waals surface area contributed by atoms with Crippen molar-refractivity contribution in [2.75, 3.05) is 6.54 Å². The van der Waals surface area contributed by atoms with Crippen LogP contribution >= 0.6 is 0 Å². The highest BCUT2D eigenvalue weighted by Crippen LogP contribution is 2.40. The molecule has 9 heteroatoms. The van der Waals surface area contributed by atoms with Crippen LogP contribution in [0.15, 0.2) is 54.6 Å². The van der Waals surface area contributed by atoms with Gasteiger partial charge in [-0.25, -0.2) is 4.79 Å². The highest BCUT2D eigenvalue weighted by molar-refractivity contribution is 6.62. The second-order valence-corrected chi connectivity index (χ2v) is 9.09. The van der Waals surface area contributed by atoms with E-state index in [9.17, 15) is 18.0 Å². The maximum Gasteiger partial charge on any atom is 0.495 e. The Morgan fingerprint density at radius 1 is 1.00 bits per heavy atom. The van der Waals surface area contributed by atoms with Crippen molar-refractivity contribution < 1.29 is 27.3 Å². The van der Waals surface area contributed by atoms with Gasteiger partial charge in [0.1, 0.15) is 0 Å². The summed E-state index contributed by atoms with van der Waals surface area (Å²) in [6.45, 7) is 8.87. The van der Waals surface area contributed by atoms with E-state index in [0.717, 1.165) is 10.5 Å². The summed E-state index contributed by atoms with van der Waals surface area (Å²) in [5.41, 5.74) is -0.442. The number of benzene rings is 2. The Kier molecular flexibility index (Phi) is 7.14. The molecule has 1 saturated heterocycles. The molecule has 33 heavy (non-hydrogen) atoms. The van der Waals surface area contributed by atoms with E-state index in [4.69, 9.17) is 9.31 Å². The van der Waals surface area contributed by atoms with Gasteiger partial charge in [0, 0.05) is 13.1 Å². The van der Waals surface area contributed by atoms with Crippen molar-refractivity contribution in [3.05, 3.63) is 65.7 Å². The summed E-state index contributed by atoms with van der Waals surface area (Å²) in [5.74, 6) is 0. The van der Waals surface area contributed by atoms with Crippen molar-refractivity contribution in [1.82, 2.24) is 10.2 Å². The minimum Gasteiger partial charge on any atom is -0.399 e. The lowest BCUT2D eigenvalue weighted by molar-refractivity contribution is -0.178. The molecule has 2 aromatic rings. The smallest absolute Gasteiger partial charge is 0.399 e. The molecular formula is C24H30BF3N2O3. The zero-order chi connectivity index (χ0) is 24.4.